The zero-order chi connectivity index (χ0) is 12.1. The molecule has 0 aliphatic carbocycles. The summed E-state index contributed by atoms with van der Waals surface area (Å²) in [7, 11) is 0. The van der Waals surface area contributed by atoms with Gasteiger partial charge in [0.15, 0.2) is 0 Å². The number of nitrogens with two attached hydrogens (primary N) is 1. The van der Waals surface area contributed by atoms with Crippen LogP contribution in [-0.4, -0.2) is 6.10 Å². The molecule has 0 heterocycles. The van der Waals surface area contributed by atoms with E-state index in [0.717, 1.165) is 22.2 Å². The Morgan fingerprint density at radius 3 is 2.56 bits per heavy atom. The van der Waals surface area contributed by atoms with Gasteiger partial charge in [0, 0.05) is 16.6 Å². The largest absolute Gasteiger partial charge is 0.490 e. The Morgan fingerprint density at radius 2 is 2.00 bits per heavy atom. The number of benzene rings is 1. The second-order valence-electron chi connectivity index (χ2n) is 4.51. The van der Waals surface area contributed by atoms with Gasteiger partial charge >= 0.3 is 0 Å². The van der Waals surface area contributed by atoms with Crippen molar-refractivity contribution in [3.8, 4) is 5.75 Å². The Labute approximate surface area is 106 Å². The van der Waals surface area contributed by atoms with E-state index in [9.17, 15) is 0 Å². The van der Waals surface area contributed by atoms with E-state index < -0.39 is 0 Å². The third kappa shape index (κ3) is 4.14. The van der Waals surface area contributed by atoms with Gasteiger partial charge in [-0.3, -0.25) is 0 Å². The van der Waals surface area contributed by atoms with Gasteiger partial charge in [-0.25, -0.2) is 0 Å². The van der Waals surface area contributed by atoms with E-state index in [4.69, 9.17) is 10.5 Å². The lowest BCUT2D eigenvalue weighted by Gasteiger charge is -2.18. The summed E-state index contributed by atoms with van der Waals surface area (Å²) in [4.78, 5) is 0. The average Bonchev–Trinajstić information content (AvgIpc) is 2.16. The Kier molecular flexibility index (Phi) is 5.29. The maximum atomic E-state index is 5.92. The molecule has 2 nitrogen and oxygen atoms in total. The molecule has 0 fully saturated rings. The molecule has 16 heavy (non-hydrogen) atoms. The fraction of sp³-hybridized carbons (Fsp3) is 0.538. The summed E-state index contributed by atoms with van der Waals surface area (Å²) in [5.74, 6) is 1.54. The van der Waals surface area contributed by atoms with Crippen molar-refractivity contribution in [1.82, 2.24) is 0 Å². The molecular formula is C13H20BrNO. The Balaban J connectivity index is 2.74. The van der Waals surface area contributed by atoms with Crippen LogP contribution in [0.25, 0.3) is 0 Å². The topological polar surface area (TPSA) is 35.2 Å². The van der Waals surface area contributed by atoms with Gasteiger partial charge in [-0.1, -0.05) is 35.8 Å². The van der Waals surface area contributed by atoms with Crippen molar-refractivity contribution in [2.75, 3.05) is 0 Å². The van der Waals surface area contributed by atoms with E-state index in [0.29, 0.717) is 12.5 Å². The third-order valence-electron chi connectivity index (χ3n) is 2.38. The van der Waals surface area contributed by atoms with E-state index in [2.05, 4.69) is 36.7 Å². The predicted molar refractivity (Wildman–Crippen MR) is 71.6 cm³/mol. The van der Waals surface area contributed by atoms with Crippen molar-refractivity contribution >= 4 is 15.9 Å². The van der Waals surface area contributed by atoms with Gasteiger partial charge in [-0.15, -0.1) is 0 Å². The molecule has 90 valence electrons. The maximum absolute atomic E-state index is 5.92. The Morgan fingerprint density at radius 1 is 1.31 bits per heavy atom. The van der Waals surface area contributed by atoms with Crippen LogP contribution in [-0.2, 0) is 6.54 Å². The molecule has 0 aliphatic heterocycles. The van der Waals surface area contributed by atoms with Crippen LogP contribution in [0.4, 0.5) is 0 Å². The van der Waals surface area contributed by atoms with Crippen LogP contribution in [0.3, 0.4) is 0 Å². The lowest BCUT2D eigenvalue weighted by Crippen LogP contribution is -2.16. The first-order chi connectivity index (χ1) is 7.52. The molecule has 1 aromatic rings. The van der Waals surface area contributed by atoms with Crippen LogP contribution in [0.2, 0.25) is 0 Å². The van der Waals surface area contributed by atoms with E-state index in [-0.39, 0.29) is 6.10 Å². The molecule has 0 bridgehead atoms. The fourth-order valence-corrected chi connectivity index (χ4v) is 2.08. The van der Waals surface area contributed by atoms with Crippen molar-refractivity contribution in [2.45, 2.75) is 39.8 Å². The van der Waals surface area contributed by atoms with Crippen molar-refractivity contribution in [3.63, 3.8) is 0 Å². The van der Waals surface area contributed by atoms with E-state index in [1.54, 1.807) is 0 Å². The van der Waals surface area contributed by atoms with Gasteiger partial charge in [0.25, 0.3) is 0 Å². The van der Waals surface area contributed by atoms with Crippen LogP contribution in [0.5, 0.6) is 5.75 Å². The first kappa shape index (κ1) is 13.5. The number of halogens is 1. The van der Waals surface area contributed by atoms with Gasteiger partial charge < -0.3 is 10.5 Å². The van der Waals surface area contributed by atoms with Crippen molar-refractivity contribution < 1.29 is 4.74 Å². The van der Waals surface area contributed by atoms with E-state index in [1.165, 1.54) is 0 Å². The second kappa shape index (κ2) is 6.26. The molecule has 0 amide bonds. The monoisotopic (exact) mass is 285 g/mol. The highest BCUT2D eigenvalue weighted by Gasteiger charge is 2.09. The molecule has 2 N–H and O–H groups in total. The smallest absolute Gasteiger partial charge is 0.125 e. The molecule has 1 rings (SSSR count). The molecule has 3 heteroatoms. The quantitative estimate of drug-likeness (QED) is 0.895. The second-order valence-corrected chi connectivity index (χ2v) is 5.43. The number of hydrogen-bond donors (Lipinski definition) is 1. The summed E-state index contributed by atoms with van der Waals surface area (Å²) in [5, 5.41) is 0. The minimum absolute atomic E-state index is 0.222. The van der Waals surface area contributed by atoms with Crippen LogP contribution in [0, 0.1) is 5.92 Å². The van der Waals surface area contributed by atoms with Crippen LogP contribution in [0.15, 0.2) is 22.7 Å². The molecule has 1 unspecified atom stereocenters. The van der Waals surface area contributed by atoms with Gasteiger partial charge in [0.1, 0.15) is 5.75 Å². The minimum Gasteiger partial charge on any atom is -0.490 e. The zero-order valence-corrected chi connectivity index (χ0v) is 11.8. The average molecular weight is 286 g/mol. The summed E-state index contributed by atoms with van der Waals surface area (Å²) < 4.78 is 6.94. The fourth-order valence-electron chi connectivity index (χ4n) is 1.74. The SMILES string of the molecule is CC(C)CC(C)Oc1cc(Br)ccc1CN. The molecule has 0 saturated heterocycles. The normalized spacial score (nSPS) is 12.9. The van der Waals surface area contributed by atoms with Gasteiger partial charge in [-0.2, -0.15) is 0 Å². The molecule has 0 spiro atoms. The number of hydrogen-bond acceptors (Lipinski definition) is 2. The molecule has 1 aromatic carbocycles. The molecule has 1 atom stereocenters. The highest BCUT2D eigenvalue weighted by atomic mass is 79.9. The molecule has 0 radical (unpaired) electrons. The van der Waals surface area contributed by atoms with Crippen molar-refractivity contribution in [2.24, 2.45) is 11.7 Å². The maximum Gasteiger partial charge on any atom is 0.125 e. The Bertz CT molecular complexity index is 339. The highest BCUT2D eigenvalue weighted by Crippen LogP contribution is 2.25. The first-order valence-electron chi connectivity index (χ1n) is 5.68. The number of ether oxygens (including phenoxy) is 1. The summed E-state index contributed by atoms with van der Waals surface area (Å²) in [5.41, 5.74) is 6.74. The number of rotatable bonds is 5. The van der Waals surface area contributed by atoms with Crippen LogP contribution < -0.4 is 10.5 Å². The van der Waals surface area contributed by atoms with Crippen LogP contribution in [0.1, 0.15) is 32.8 Å². The van der Waals surface area contributed by atoms with E-state index >= 15 is 0 Å². The highest BCUT2D eigenvalue weighted by molar-refractivity contribution is 9.10. The molecule has 0 aliphatic rings. The Hall–Kier alpha value is -0.540. The molecule has 0 aromatic heterocycles. The summed E-state index contributed by atoms with van der Waals surface area (Å²) in [6.45, 7) is 7.01. The van der Waals surface area contributed by atoms with Gasteiger partial charge in [0.05, 0.1) is 6.10 Å². The standard InChI is InChI=1S/C13H20BrNO/c1-9(2)6-10(3)16-13-7-12(14)5-4-11(13)8-15/h4-5,7,9-10H,6,8,15H2,1-3H3. The third-order valence-corrected chi connectivity index (χ3v) is 2.87. The molecule has 0 saturated carbocycles. The minimum atomic E-state index is 0.222. The lowest BCUT2D eigenvalue weighted by atomic mass is 10.1. The lowest BCUT2D eigenvalue weighted by molar-refractivity contribution is 0.191. The zero-order valence-electron chi connectivity index (χ0n) is 10.2. The predicted octanol–water partition coefficient (Wildman–Crippen LogP) is 3.72. The van der Waals surface area contributed by atoms with Crippen LogP contribution >= 0.6 is 15.9 Å². The first-order valence-corrected chi connectivity index (χ1v) is 6.47. The summed E-state index contributed by atoms with van der Waals surface area (Å²) >= 11 is 3.45. The van der Waals surface area contributed by atoms with E-state index in [1.807, 2.05) is 18.2 Å². The van der Waals surface area contributed by atoms with Crippen molar-refractivity contribution in [1.29, 1.82) is 0 Å². The molecular weight excluding hydrogens is 266 g/mol. The summed E-state index contributed by atoms with van der Waals surface area (Å²) in [6.07, 6.45) is 1.27. The van der Waals surface area contributed by atoms with Gasteiger partial charge in [-0.05, 0) is 31.4 Å². The summed E-state index contributed by atoms with van der Waals surface area (Å²) in [6, 6.07) is 5.97. The van der Waals surface area contributed by atoms with Crippen molar-refractivity contribution in [3.05, 3.63) is 28.2 Å². The van der Waals surface area contributed by atoms with Gasteiger partial charge in [0.2, 0.25) is 0 Å².